The van der Waals surface area contributed by atoms with Gasteiger partial charge in [-0.2, -0.15) is 0 Å². The standard InChI is InChI=1S/C16H12Cl3NO3/c1-9(15(21)20-14-5-3-2-4-12(14)18)23-16(22)11-7-6-10(17)8-13(11)19/h2-9H,1H3,(H,20,21)/t9-/m0/s1. The smallest absolute Gasteiger partial charge is 0.340 e. The van der Waals surface area contributed by atoms with E-state index in [2.05, 4.69) is 5.32 Å². The molecule has 7 heteroatoms. The van der Waals surface area contributed by atoms with E-state index < -0.39 is 18.0 Å². The zero-order chi connectivity index (χ0) is 17.0. The van der Waals surface area contributed by atoms with Gasteiger partial charge < -0.3 is 10.1 Å². The third-order valence-corrected chi connectivity index (χ3v) is 3.81. The largest absolute Gasteiger partial charge is 0.449 e. The van der Waals surface area contributed by atoms with E-state index >= 15 is 0 Å². The second-order valence-electron chi connectivity index (χ2n) is 4.64. The van der Waals surface area contributed by atoms with Crippen LogP contribution in [0.25, 0.3) is 0 Å². The van der Waals surface area contributed by atoms with Gasteiger partial charge in [0.2, 0.25) is 0 Å². The van der Waals surface area contributed by atoms with E-state index in [4.69, 9.17) is 39.5 Å². The highest BCUT2D eigenvalue weighted by Gasteiger charge is 2.21. The molecule has 2 rings (SSSR count). The maximum absolute atomic E-state index is 12.1. The van der Waals surface area contributed by atoms with E-state index in [-0.39, 0.29) is 10.6 Å². The maximum atomic E-state index is 12.1. The lowest BCUT2D eigenvalue weighted by atomic mass is 10.2. The summed E-state index contributed by atoms with van der Waals surface area (Å²) < 4.78 is 5.11. The van der Waals surface area contributed by atoms with E-state index in [0.717, 1.165) is 0 Å². The molecule has 1 N–H and O–H groups in total. The fourth-order valence-corrected chi connectivity index (χ4v) is 2.40. The van der Waals surface area contributed by atoms with Gasteiger partial charge in [0.15, 0.2) is 6.10 Å². The van der Waals surface area contributed by atoms with Crippen molar-refractivity contribution in [2.75, 3.05) is 5.32 Å². The van der Waals surface area contributed by atoms with Crippen molar-refractivity contribution < 1.29 is 14.3 Å². The molecule has 0 aliphatic heterocycles. The maximum Gasteiger partial charge on any atom is 0.340 e. The Hall–Kier alpha value is -1.75. The van der Waals surface area contributed by atoms with Gasteiger partial charge in [-0.15, -0.1) is 0 Å². The minimum Gasteiger partial charge on any atom is -0.449 e. The Morgan fingerprint density at radius 1 is 1.04 bits per heavy atom. The SMILES string of the molecule is C[C@H](OC(=O)c1ccc(Cl)cc1Cl)C(=O)Nc1ccccc1Cl. The lowest BCUT2D eigenvalue weighted by Crippen LogP contribution is -2.30. The molecule has 0 saturated heterocycles. The zero-order valence-electron chi connectivity index (χ0n) is 12.0. The number of carbonyl (C=O) groups excluding carboxylic acids is 2. The van der Waals surface area contributed by atoms with Crippen molar-refractivity contribution in [2.45, 2.75) is 13.0 Å². The lowest BCUT2D eigenvalue weighted by molar-refractivity contribution is -0.123. The Labute approximate surface area is 148 Å². The number of esters is 1. The van der Waals surface area contributed by atoms with Gasteiger partial charge in [-0.05, 0) is 37.3 Å². The van der Waals surface area contributed by atoms with Crippen molar-refractivity contribution in [2.24, 2.45) is 0 Å². The Morgan fingerprint density at radius 2 is 1.74 bits per heavy atom. The molecule has 1 amide bonds. The Bertz CT molecular complexity index is 749. The highest BCUT2D eigenvalue weighted by atomic mass is 35.5. The fourth-order valence-electron chi connectivity index (χ4n) is 1.73. The topological polar surface area (TPSA) is 55.4 Å². The molecule has 0 unspecified atom stereocenters. The van der Waals surface area contributed by atoms with Crippen LogP contribution in [0, 0.1) is 0 Å². The van der Waals surface area contributed by atoms with Gasteiger partial charge in [0.25, 0.3) is 5.91 Å². The van der Waals surface area contributed by atoms with Gasteiger partial charge in [-0.3, -0.25) is 4.79 Å². The summed E-state index contributed by atoms with van der Waals surface area (Å²) in [6, 6.07) is 11.1. The molecule has 2 aromatic rings. The summed E-state index contributed by atoms with van der Waals surface area (Å²) >= 11 is 17.7. The molecule has 120 valence electrons. The Kier molecular flexibility index (Phi) is 5.88. The highest BCUT2D eigenvalue weighted by Crippen LogP contribution is 2.23. The minimum absolute atomic E-state index is 0.133. The molecule has 0 fully saturated rings. The number of anilines is 1. The van der Waals surface area contributed by atoms with E-state index in [1.807, 2.05) is 0 Å². The van der Waals surface area contributed by atoms with Crippen LogP contribution in [0.3, 0.4) is 0 Å². The first kappa shape index (κ1) is 17.6. The van der Waals surface area contributed by atoms with Crippen LogP contribution >= 0.6 is 34.8 Å². The summed E-state index contributed by atoms with van der Waals surface area (Å²) in [5.41, 5.74) is 0.569. The molecule has 1 atom stereocenters. The number of hydrogen-bond donors (Lipinski definition) is 1. The quantitative estimate of drug-likeness (QED) is 0.782. The third kappa shape index (κ3) is 4.61. The van der Waals surface area contributed by atoms with Crippen LogP contribution in [-0.4, -0.2) is 18.0 Å². The van der Waals surface area contributed by atoms with Crippen molar-refractivity contribution in [3.8, 4) is 0 Å². The van der Waals surface area contributed by atoms with Crippen molar-refractivity contribution in [3.63, 3.8) is 0 Å². The first-order valence-electron chi connectivity index (χ1n) is 6.60. The number of para-hydroxylation sites is 1. The van der Waals surface area contributed by atoms with E-state index in [1.165, 1.54) is 25.1 Å². The summed E-state index contributed by atoms with van der Waals surface area (Å²) in [4.78, 5) is 24.1. The summed E-state index contributed by atoms with van der Waals surface area (Å²) in [5.74, 6) is -1.22. The van der Waals surface area contributed by atoms with Crippen LogP contribution < -0.4 is 5.32 Å². The molecule has 0 bridgehead atoms. The van der Waals surface area contributed by atoms with Crippen LogP contribution in [-0.2, 0) is 9.53 Å². The Morgan fingerprint density at radius 3 is 2.39 bits per heavy atom. The summed E-state index contributed by atoms with van der Waals surface area (Å²) in [6.45, 7) is 1.45. The number of halogens is 3. The van der Waals surface area contributed by atoms with Crippen LogP contribution in [0.5, 0.6) is 0 Å². The van der Waals surface area contributed by atoms with Gasteiger partial charge in [0.05, 0.1) is 21.3 Å². The average molecular weight is 373 g/mol. The minimum atomic E-state index is -1.02. The number of benzene rings is 2. The van der Waals surface area contributed by atoms with Crippen molar-refractivity contribution in [3.05, 3.63) is 63.1 Å². The number of rotatable bonds is 4. The van der Waals surface area contributed by atoms with Crippen LogP contribution in [0.15, 0.2) is 42.5 Å². The molecule has 0 aliphatic carbocycles. The summed E-state index contributed by atoms with van der Waals surface area (Å²) in [6.07, 6.45) is -1.02. The van der Waals surface area contributed by atoms with Crippen LogP contribution in [0.2, 0.25) is 15.1 Å². The molecule has 4 nitrogen and oxygen atoms in total. The number of ether oxygens (including phenoxy) is 1. The molecule has 0 radical (unpaired) electrons. The zero-order valence-corrected chi connectivity index (χ0v) is 14.2. The Balaban J connectivity index is 2.03. The molecule has 2 aromatic carbocycles. The highest BCUT2D eigenvalue weighted by molar-refractivity contribution is 6.36. The van der Waals surface area contributed by atoms with Gasteiger partial charge in [-0.25, -0.2) is 4.79 Å². The molecule has 0 saturated carbocycles. The molecule has 23 heavy (non-hydrogen) atoms. The molecular weight excluding hydrogens is 361 g/mol. The normalized spacial score (nSPS) is 11.7. The predicted octanol–water partition coefficient (Wildman–Crippen LogP) is 4.83. The molecule has 0 aliphatic rings. The van der Waals surface area contributed by atoms with E-state index in [0.29, 0.717) is 15.7 Å². The van der Waals surface area contributed by atoms with Gasteiger partial charge in [0.1, 0.15) is 0 Å². The van der Waals surface area contributed by atoms with Crippen molar-refractivity contribution in [1.82, 2.24) is 0 Å². The van der Waals surface area contributed by atoms with Crippen LogP contribution in [0.1, 0.15) is 17.3 Å². The number of carbonyl (C=O) groups is 2. The molecule has 0 aromatic heterocycles. The predicted molar refractivity (Wildman–Crippen MR) is 91.4 cm³/mol. The number of hydrogen-bond acceptors (Lipinski definition) is 3. The molecule has 0 heterocycles. The first-order chi connectivity index (χ1) is 10.9. The third-order valence-electron chi connectivity index (χ3n) is 2.94. The average Bonchev–Trinajstić information content (AvgIpc) is 2.49. The van der Waals surface area contributed by atoms with Gasteiger partial charge in [0, 0.05) is 5.02 Å². The van der Waals surface area contributed by atoms with Crippen molar-refractivity contribution in [1.29, 1.82) is 0 Å². The van der Waals surface area contributed by atoms with Crippen LogP contribution in [0.4, 0.5) is 5.69 Å². The lowest BCUT2D eigenvalue weighted by Gasteiger charge is -2.14. The second kappa shape index (κ2) is 7.68. The summed E-state index contributed by atoms with van der Waals surface area (Å²) in [5, 5.41) is 3.53. The van der Waals surface area contributed by atoms with Gasteiger partial charge >= 0.3 is 5.97 Å². The fraction of sp³-hybridized carbons (Fsp3) is 0.125. The molecule has 0 spiro atoms. The first-order valence-corrected chi connectivity index (χ1v) is 7.73. The summed E-state index contributed by atoms with van der Waals surface area (Å²) in [7, 11) is 0. The van der Waals surface area contributed by atoms with E-state index in [1.54, 1.807) is 24.3 Å². The monoisotopic (exact) mass is 371 g/mol. The second-order valence-corrected chi connectivity index (χ2v) is 5.89. The van der Waals surface area contributed by atoms with E-state index in [9.17, 15) is 9.59 Å². The van der Waals surface area contributed by atoms with Gasteiger partial charge in [-0.1, -0.05) is 46.9 Å². The number of nitrogens with one attached hydrogen (secondary N) is 1. The van der Waals surface area contributed by atoms with Crippen molar-refractivity contribution >= 4 is 52.4 Å². The molecular formula is C16H12Cl3NO3. The number of amides is 1.